The maximum atomic E-state index is 11.7. The van der Waals surface area contributed by atoms with Gasteiger partial charge in [0, 0.05) is 17.1 Å². The zero-order chi connectivity index (χ0) is 11.5. The summed E-state index contributed by atoms with van der Waals surface area (Å²) in [6, 6.07) is -0.268. The van der Waals surface area contributed by atoms with Crippen LogP contribution in [0.1, 0.15) is 27.7 Å². The van der Waals surface area contributed by atoms with Crippen LogP contribution in [0.15, 0.2) is 11.6 Å². The quantitative estimate of drug-likeness (QED) is 0.828. The summed E-state index contributed by atoms with van der Waals surface area (Å²) in [7, 11) is 0. The minimum Gasteiger partial charge on any atom is -0.350 e. The predicted molar refractivity (Wildman–Crippen MR) is 63.1 cm³/mol. The normalized spacial score (nSPS) is 13.3. The van der Waals surface area contributed by atoms with Gasteiger partial charge in [-0.05, 0) is 27.7 Å². The van der Waals surface area contributed by atoms with Crippen molar-refractivity contribution < 1.29 is 4.79 Å². The van der Waals surface area contributed by atoms with E-state index in [4.69, 9.17) is 0 Å². The summed E-state index contributed by atoms with van der Waals surface area (Å²) in [5, 5.41) is 8.59. The van der Waals surface area contributed by atoms with Gasteiger partial charge < -0.3 is 10.6 Å². The molecule has 0 saturated heterocycles. The zero-order valence-electron chi connectivity index (χ0n) is 9.50. The van der Waals surface area contributed by atoms with E-state index < -0.39 is 0 Å². The fraction of sp³-hybridized carbons (Fsp3) is 0.600. The van der Waals surface area contributed by atoms with Crippen molar-refractivity contribution >= 4 is 22.4 Å². The lowest BCUT2D eigenvalue weighted by atomic mass is 10.1. The average molecular weight is 227 g/mol. The van der Waals surface area contributed by atoms with Gasteiger partial charge in [-0.2, -0.15) is 0 Å². The van der Waals surface area contributed by atoms with Crippen LogP contribution in [0, 0.1) is 0 Å². The maximum absolute atomic E-state index is 11.7. The molecule has 1 aromatic rings. The molecule has 0 aliphatic carbocycles. The Bertz CT molecular complexity index is 316. The van der Waals surface area contributed by atoms with Crippen LogP contribution in [0.25, 0.3) is 0 Å². The molecule has 84 valence electrons. The van der Waals surface area contributed by atoms with Crippen molar-refractivity contribution in [3.05, 3.63) is 11.6 Å². The summed E-state index contributed by atoms with van der Waals surface area (Å²) in [5.74, 6) is -0.0160. The monoisotopic (exact) mass is 227 g/mol. The molecule has 0 radical (unpaired) electrons. The van der Waals surface area contributed by atoms with Gasteiger partial charge in [-0.1, -0.05) is 0 Å². The molecule has 0 saturated carbocycles. The number of hydrogen-bond acceptors (Lipinski definition) is 4. The molecule has 0 fully saturated rings. The Hall–Kier alpha value is -1.10. The number of carbonyl (C=O) groups is 1. The van der Waals surface area contributed by atoms with E-state index in [9.17, 15) is 4.79 Å². The second-order valence-electron chi connectivity index (χ2n) is 4.44. The van der Waals surface area contributed by atoms with Gasteiger partial charge in [-0.25, -0.2) is 4.98 Å². The van der Waals surface area contributed by atoms with Crippen LogP contribution in [-0.4, -0.2) is 22.5 Å². The Labute approximate surface area is 94.1 Å². The van der Waals surface area contributed by atoms with Gasteiger partial charge in [-0.15, -0.1) is 11.3 Å². The highest BCUT2D eigenvalue weighted by molar-refractivity contribution is 7.13. The number of nitrogens with one attached hydrogen (secondary N) is 2. The van der Waals surface area contributed by atoms with Crippen LogP contribution in [0.5, 0.6) is 0 Å². The second kappa shape index (κ2) is 4.61. The molecule has 1 aromatic heterocycles. The molecular formula is C10H17N3OS. The third kappa shape index (κ3) is 4.29. The van der Waals surface area contributed by atoms with E-state index in [1.165, 1.54) is 11.3 Å². The molecule has 0 spiro atoms. The van der Waals surface area contributed by atoms with Crippen molar-refractivity contribution in [3.63, 3.8) is 0 Å². The number of anilines is 1. The van der Waals surface area contributed by atoms with Crippen molar-refractivity contribution in [2.45, 2.75) is 39.3 Å². The molecule has 5 heteroatoms. The summed E-state index contributed by atoms with van der Waals surface area (Å²) in [6.45, 7) is 7.70. The molecule has 1 rings (SSSR count). The number of amides is 1. The minimum atomic E-state index is -0.268. The van der Waals surface area contributed by atoms with Gasteiger partial charge in [0.2, 0.25) is 5.91 Å². The van der Waals surface area contributed by atoms with Crippen molar-refractivity contribution in [1.29, 1.82) is 0 Å². The van der Waals surface area contributed by atoms with E-state index in [1.54, 1.807) is 6.20 Å². The van der Waals surface area contributed by atoms with Crippen LogP contribution in [0.3, 0.4) is 0 Å². The number of nitrogens with zero attached hydrogens (tertiary/aromatic N) is 1. The lowest BCUT2D eigenvalue weighted by Gasteiger charge is -2.23. The highest BCUT2D eigenvalue weighted by atomic mass is 32.1. The molecular weight excluding hydrogens is 210 g/mol. The molecule has 0 aliphatic rings. The molecule has 15 heavy (non-hydrogen) atoms. The number of thiazole rings is 1. The number of rotatable bonds is 3. The van der Waals surface area contributed by atoms with E-state index in [-0.39, 0.29) is 17.5 Å². The first-order chi connectivity index (χ1) is 6.88. The Kier molecular flexibility index (Phi) is 3.68. The van der Waals surface area contributed by atoms with Crippen LogP contribution in [0.2, 0.25) is 0 Å². The SMILES string of the molecule is CC(Nc1nccs1)C(=O)NC(C)(C)C. The fourth-order valence-electron chi connectivity index (χ4n) is 1.02. The highest BCUT2D eigenvalue weighted by Gasteiger charge is 2.19. The van der Waals surface area contributed by atoms with Crippen molar-refractivity contribution in [2.75, 3.05) is 5.32 Å². The summed E-state index contributed by atoms with van der Waals surface area (Å²) in [5.41, 5.74) is -0.199. The van der Waals surface area contributed by atoms with Crippen LogP contribution >= 0.6 is 11.3 Å². The molecule has 0 aliphatic heterocycles. The predicted octanol–water partition coefficient (Wildman–Crippen LogP) is 1.86. The third-order valence-electron chi connectivity index (χ3n) is 1.66. The van der Waals surface area contributed by atoms with E-state index >= 15 is 0 Å². The van der Waals surface area contributed by atoms with Crippen LogP contribution in [-0.2, 0) is 4.79 Å². The Balaban J connectivity index is 2.47. The van der Waals surface area contributed by atoms with Crippen molar-refractivity contribution in [3.8, 4) is 0 Å². The number of hydrogen-bond donors (Lipinski definition) is 2. The van der Waals surface area contributed by atoms with Gasteiger partial charge >= 0.3 is 0 Å². The average Bonchev–Trinajstić information content (AvgIpc) is 2.53. The molecule has 0 aromatic carbocycles. The van der Waals surface area contributed by atoms with Crippen molar-refractivity contribution in [2.24, 2.45) is 0 Å². The second-order valence-corrected chi connectivity index (χ2v) is 5.34. The van der Waals surface area contributed by atoms with E-state index in [2.05, 4.69) is 15.6 Å². The Morgan fingerprint density at radius 1 is 1.53 bits per heavy atom. The summed E-state index contributed by atoms with van der Waals surface area (Å²) in [6.07, 6.45) is 1.71. The molecule has 2 N–H and O–H groups in total. The third-order valence-corrected chi connectivity index (χ3v) is 2.37. The molecule has 1 heterocycles. The van der Waals surface area contributed by atoms with Crippen molar-refractivity contribution in [1.82, 2.24) is 10.3 Å². The van der Waals surface area contributed by atoms with Crippen LogP contribution in [0.4, 0.5) is 5.13 Å². The van der Waals surface area contributed by atoms with Gasteiger partial charge in [0.15, 0.2) is 5.13 Å². The van der Waals surface area contributed by atoms with Gasteiger partial charge in [-0.3, -0.25) is 4.79 Å². The maximum Gasteiger partial charge on any atom is 0.242 e. The summed E-state index contributed by atoms with van der Waals surface area (Å²) >= 11 is 1.48. The molecule has 1 unspecified atom stereocenters. The van der Waals surface area contributed by atoms with Gasteiger partial charge in [0.1, 0.15) is 6.04 Å². The smallest absolute Gasteiger partial charge is 0.242 e. The van der Waals surface area contributed by atoms with E-state index in [1.807, 2.05) is 33.1 Å². The largest absolute Gasteiger partial charge is 0.350 e. The Morgan fingerprint density at radius 2 is 2.20 bits per heavy atom. The standard InChI is InChI=1S/C10H17N3OS/c1-7(8(14)13-10(2,3)4)12-9-11-5-6-15-9/h5-7H,1-4H3,(H,11,12)(H,13,14). The molecule has 1 atom stereocenters. The first-order valence-electron chi connectivity index (χ1n) is 4.86. The highest BCUT2D eigenvalue weighted by Crippen LogP contribution is 2.12. The molecule has 1 amide bonds. The summed E-state index contributed by atoms with van der Waals surface area (Å²) in [4.78, 5) is 15.8. The van der Waals surface area contributed by atoms with Gasteiger partial charge in [0.05, 0.1) is 0 Å². The fourth-order valence-corrected chi connectivity index (χ4v) is 1.64. The van der Waals surface area contributed by atoms with Gasteiger partial charge in [0.25, 0.3) is 0 Å². The Morgan fingerprint density at radius 3 is 2.67 bits per heavy atom. The lowest BCUT2D eigenvalue weighted by Crippen LogP contribution is -2.47. The summed E-state index contributed by atoms with van der Waals surface area (Å²) < 4.78 is 0. The van der Waals surface area contributed by atoms with Crippen LogP contribution < -0.4 is 10.6 Å². The topological polar surface area (TPSA) is 54.0 Å². The lowest BCUT2D eigenvalue weighted by molar-refractivity contribution is -0.122. The first-order valence-corrected chi connectivity index (χ1v) is 5.74. The van der Waals surface area contributed by atoms with E-state index in [0.29, 0.717) is 0 Å². The van der Waals surface area contributed by atoms with E-state index in [0.717, 1.165) is 5.13 Å². The first kappa shape index (κ1) is 12.0. The zero-order valence-corrected chi connectivity index (χ0v) is 10.3. The number of aromatic nitrogens is 1. The molecule has 0 bridgehead atoms. The molecule has 4 nitrogen and oxygen atoms in total. The number of carbonyl (C=O) groups excluding carboxylic acids is 1. The minimum absolute atomic E-state index is 0.0160.